The summed E-state index contributed by atoms with van der Waals surface area (Å²) in [5.74, 6) is -0.920. The van der Waals surface area contributed by atoms with Gasteiger partial charge in [-0.1, -0.05) is 126 Å². The normalized spacial score (nSPS) is 19.5. The summed E-state index contributed by atoms with van der Waals surface area (Å²) in [6, 6.07) is -25.4. The second kappa shape index (κ2) is 11.5. The molecule has 0 saturated carbocycles. The van der Waals surface area contributed by atoms with Crippen molar-refractivity contribution in [3.63, 3.8) is 0 Å². The van der Waals surface area contributed by atoms with Crippen LogP contribution in [0.15, 0.2) is 175 Å². The SMILES string of the molecule is [2H]c1c([2H])c([2H])c(-c2c([2H])c([2H])c3c(-c4c([2H])c([2H])c5c([2H])c(C)c([2H])c([2H])c5c4[2H])nc(-n4c5c([2H])c([2H])c([2H])c([2H])c5c5c([2H])c6c(c([2H])c54)c4c([2H])c([2H])c([2H])c([2H])c4n6-c4c([2H])c([2H])c([2H])c([2H])c4[2H])nc3c2[2H])c([2H])c1[2H]. The van der Waals surface area contributed by atoms with E-state index in [9.17, 15) is 16.4 Å². The van der Waals surface area contributed by atoms with Crippen LogP contribution < -0.4 is 0 Å². The second-order valence-corrected chi connectivity index (χ2v) is 11.6. The number of fused-ring (bicyclic) bond motifs is 8. The van der Waals surface area contributed by atoms with Gasteiger partial charge >= 0.3 is 0 Å². The Bertz CT molecular complexity index is 4870. The maximum Gasteiger partial charge on any atom is 0.235 e. The molecule has 4 heteroatoms. The van der Waals surface area contributed by atoms with E-state index in [0.29, 0.717) is 0 Å². The molecule has 3 aromatic heterocycles. The van der Waals surface area contributed by atoms with Gasteiger partial charge in [-0.25, -0.2) is 9.97 Å². The highest BCUT2D eigenvalue weighted by Crippen LogP contribution is 2.40. The third kappa shape index (κ3) is 4.62. The highest BCUT2D eigenvalue weighted by atomic mass is 15.2. The summed E-state index contributed by atoms with van der Waals surface area (Å²) >= 11 is 0. The Morgan fingerprint density at radius 2 is 1.02 bits per heavy atom. The Labute approximate surface area is 346 Å². The van der Waals surface area contributed by atoms with Crippen LogP contribution in [0.25, 0.3) is 99.3 Å². The molecule has 0 aliphatic heterocycles. The fourth-order valence-electron chi connectivity index (χ4n) is 6.29. The summed E-state index contributed by atoms with van der Waals surface area (Å²) < 4.78 is 264. The maximum absolute atomic E-state index is 10.2. The van der Waals surface area contributed by atoms with Gasteiger partial charge in [0.1, 0.15) is 0 Å². The minimum absolute atomic E-state index is 0.0874. The fourth-order valence-corrected chi connectivity index (χ4v) is 6.29. The van der Waals surface area contributed by atoms with Crippen LogP contribution in [0.2, 0.25) is 0 Å². The van der Waals surface area contributed by atoms with Crippen molar-refractivity contribution in [2.24, 2.45) is 0 Å². The lowest BCUT2D eigenvalue weighted by Gasteiger charge is -2.13. The van der Waals surface area contributed by atoms with Gasteiger partial charge in [0.05, 0.1) is 73.0 Å². The van der Waals surface area contributed by atoms with Gasteiger partial charge in [0, 0.05) is 38.2 Å². The fraction of sp³-hybridized carbons (Fsp3) is 0.0204. The number of hydrogen-bond donors (Lipinski definition) is 0. The molecule has 0 N–H and O–H groups in total. The summed E-state index contributed by atoms with van der Waals surface area (Å²) in [6.07, 6.45) is 0. The van der Waals surface area contributed by atoms with E-state index >= 15 is 0 Å². The van der Waals surface area contributed by atoms with E-state index in [2.05, 4.69) is 9.97 Å². The summed E-state index contributed by atoms with van der Waals surface area (Å²) in [5.41, 5.74) is -7.32. The first kappa shape index (κ1) is 12.9. The Morgan fingerprint density at radius 1 is 0.415 bits per heavy atom. The zero-order chi connectivity index (χ0) is 60.3. The molecule has 8 aromatic carbocycles. The average Bonchev–Trinajstić information content (AvgIpc) is 2.23. The van der Waals surface area contributed by atoms with Crippen LogP contribution in [-0.2, 0) is 0 Å². The molecular weight excluding hydrogens is 645 g/mol. The van der Waals surface area contributed by atoms with Gasteiger partial charge < -0.3 is 4.57 Å². The Morgan fingerprint density at radius 3 is 1.77 bits per heavy atom. The first-order chi connectivity index (χ1) is 38.3. The summed E-state index contributed by atoms with van der Waals surface area (Å²) in [7, 11) is 0. The molecule has 0 atom stereocenters. The maximum atomic E-state index is 10.2. The predicted molar refractivity (Wildman–Crippen MR) is 221 cm³/mol. The van der Waals surface area contributed by atoms with E-state index in [1.165, 1.54) is 6.92 Å². The standard InChI is InChI=1S/C49H32N4/c1-31-20-21-34-27-36(23-22-33(34)26-31)48-40-25-24-35(32-12-4-2-5-13-32)28-43(40)50-49(51-48)53-45-19-11-9-17-39(45)42-29-46-41(30-47(42)53)38-16-8-10-18-44(38)52(46)37-14-6-3-7-15-37/h2-30H,1H3/i2D,3D,4D,5D,6D,7D,8D,9D,10D,11D,12D,13D,14D,15D,16D,17D,18D,19D,20D,21D,22D,23D,24D,25D,26D,27D,28D,29D,30D. The minimum atomic E-state index is -0.988. The Balaban J connectivity index is 1.46. The van der Waals surface area contributed by atoms with Crippen molar-refractivity contribution in [1.82, 2.24) is 19.1 Å². The van der Waals surface area contributed by atoms with Crippen LogP contribution in [-0.4, -0.2) is 19.1 Å². The smallest absolute Gasteiger partial charge is 0.235 e. The molecule has 0 aliphatic carbocycles. The van der Waals surface area contributed by atoms with Crippen LogP contribution in [0.3, 0.4) is 0 Å². The van der Waals surface area contributed by atoms with Gasteiger partial charge in [0.25, 0.3) is 0 Å². The van der Waals surface area contributed by atoms with E-state index in [1.807, 2.05) is 0 Å². The van der Waals surface area contributed by atoms with Gasteiger partial charge in [0.2, 0.25) is 5.95 Å². The van der Waals surface area contributed by atoms with Crippen LogP contribution >= 0.6 is 0 Å². The zero-order valence-electron chi connectivity index (χ0n) is 55.8. The molecule has 11 aromatic rings. The molecule has 248 valence electrons. The Kier molecular flexibility index (Phi) is 2.79. The topological polar surface area (TPSA) is 35.6 Å². The molecule has 53 heavy (non-hydrogen) atoms. The van der Waals surface area contributed by atoms with Crippen molar-refractivity contribution in [2.75, 3.05) is 0 Å². The van der Waals surface area contributed by atoms with Gasteiger partial charge in [0.15, 0.2) is 0 Å². The number of benzene rings is 8. The van der Waals surface area contributed by atoms with Crippen molar-refractivity contribution in [2.45, 2.75) is 6.92 Å². The predicted octanol–water partition coefficient (Wildman–Crippen LogP) is 12.6. The summed E-state index contributed by atoms with van der Waals surface area (Å²) in [5, 5.41) is -4.01. The molecule has 4 nitrogen and oxygen atoms in total. The molecule has 0 bridgehead atoms. The molecule has 0 fully saturated rings. The number of para-hydroxylation sites is 3. The van der Waals surface area contributed by atoms with Crippen molar-refractivity contribution >= 4 is 65.3 Å². The first-order valence-corrected chi connectivity index (χ1v) is 15.7. The molecule has 0 unspecified atom stereocenters. The molecule has 0 saturated heterocycles. The highest BCUT2D eigenvalue weighted by molar-refractivity contribution is 6.19. The molecular formula is C49H32N4. The van der Waals surface area contributed by atoms with Crippen molar-refractivity contribution < 1.29 is 39.8 Å². The lowest BCUT2D eigenvalue weighted by atomic mass is 9.99. The first-order valence-electron chi connectivity index (χ1n) is 30.2. The van der Waals surface area contributed by atoms with E-state index < -0.39 is 275 Å². The Hall–Kier alpha value is -7.04. The van der Waals surface area contributed by atoms with Gasteiger partial charge in [-0.15, -0.1) is 0 Å². The third-order valence-electron chi connectivity index (χ3n) is 8.54. The number of hydrogen-bond acceptors (Lipinski definition) is 2. The van der Waals surface area contributed by atoms with Crippen molar-refractivity contribution in [3.8, 4) is 34.0 Å². The van der Waals surface area contributed by atoms with E-state index in [4.69, 9.17) is 23.3 Å². The molecule has 0 aliphatic rings. The molecule has 0 spiro atoms. The molecule has 0 amide bonds. The molecule has 3 heterocycles. The number of rotatable bonds is 4. The van der Waals surface area contributed by atoms with E-state index in [0.717, 1.165) is 9.13 Å². The second-order valence-electron chi connectivity index (χ2n) is 11.6. The lowest BCUT2D eigenvalue weighted by Crippen LogP contribution is -2.03. The zero-order valence-corrected chi connectivity index (χ0v) is 26.8. The van der Waals surface area contributed by atoms with Crippen LogP contribution in [0.1, 0.15) is 45.3 Å². The van der Waals surface area contributed by atoms with Crippen molar-refractivity contribution in [1.29, 1.82) is 0 Å². The highest BCUT2D eigenvalue weighted by Gasteiger charge is 2.21. The number of aromatic nitrogens is 4. The molecule has 0 radical (unpaired) electrons. The largest absolute Gasteiger partial charge is 0.309 e. The van der Waals surface area contributed by atoms with E-state index in [1.54, 1.807) is 0 Å². The number of nitrogens with zero attached hydrogens (tertiary/aromatic N) is 4. The molecule has 11 rings (SSSR count). The lowest BCUT2D eigenvalue weighted by molar-refractivity contribution is 1.01. The van der Waals surface area contributed by atoms with Gasteiger partial charge in [-0.3, -0.25) is 4.57 Å². The summed E-state index contributed by atoms with van der Waals surface area (Å²) in [4.78, 5) is 9.31. The third-order valence-corrected chi connectivity index (χ3v) is 8.54. The van der Waals surface area contributed by atoms with Gasteiger partial charge in [-0.2, -0.15) is 0 Å². The quantitative estimate of drug-likeness (QED) is 0.183. The van der Waals surface area contributed by atoms with Crippen LogP contribution in [0, 0.1) is 6.92 Å². The van der Waals surface area contributed by atoms with Crippen LogP contribution in [0.4, 0.5) is 0 Å². The van der Waals surface area contributed by atoms with Crippen LogP contribution in [0.5, 0.6) is 0 Å². The van der Waals surface area contributed by atoms with Gasteiger partial charge in [-0.05, 0) is 83.2 Å². The summed E-state index contributed by atoms with van der Waals surface area (Å²) in [6.45, 7) is 1.32. The monoisotopic (exact) mass is 705 g/mol. The average molecular weight is 706 g/mol. The van der Waals surface area contributed by atoms with E-state index in [-0.39, 0.29) is 5.56 Å². The van der Waals surface area contributed by atoms with Crippen molar-refractivity contribution in [3.05, 3.63) is 181 Å². The minimum Gasteiger partial charge on any atom is -0.309 e.